The first kappa shape index (κ1) is 52.0. The van der Waals surface area contributed by atoms with Gasteiger partial charge in [0.1, 0.15) is 0 Å². The first-order valence-electron chi connectivity index (χ1n) is 25.4. The number of rotatable bonds is 47. The maximum atomic E-state index is 2.31. The van der Waals surface area contributed by atoms with Crippen LogP contribution >= 0.6 is 0 Å². The van der Waals surface area contributed by atoms with E-state index in [1.54, 1.807) is 0 Å². The third-order valence-corrected chi connectivity index (χ3v) is 12.2. The van der Waals surface area contributed by atoms with Gasteiger partial charge in [0.15, 0.2) is 0 Å². The quantitative estimate of drug-likeness (QED) is 0.0432. The molecule has 0 saturated carbocycles. The van der Waals surface area contributed by atoms with Crippen LogP contribution in [0.15, 0.2) is 0 Å². The number of nitrogens with zero attached hydrogens (tertiary/aromatic N) is 1. The molecule has 0 heterocycles. The van der Waals surface area contributed by atoms with E-state index < -0.39 is 0 Å². The zero-order chi connectivity index (χ0) is 37.7. The lowest BCUT2D eigenvalue weighted by atomic mass is 10.0. The van der Waals surface area contributed by atoms with E-state index in [9.17, 15) is 0 Å². The van der Waals surface area contributed by atoms with Crippen LogP contribution in [0.1, 0.15) is 302 Å². The Morgan fingerprint density at radius 2 is 0.288 bits per heavy atom. The molecular weight excluding hydrogens is 627 g/mol. The molecule has 0 aliphatic rings. The molecule has 0 N–H and O–H groups in total. The molecule has 0 saturated heterocycles. The average Bonchev–Trinajstić information content (AvgIpc) is 3.12. The fraction of sp³-hybridized carbons (Fsp3) is 1.00. The van der Waals surface area contributed by atoms with Gasteiger partial charge in [0, 0.05) is 0 Å². The summed E-state index contributed by atoms with van der Waals surface area (Å²) in [6, 6.07) is 0. The van der Waals surface area contributed by atoms with E-state index in [2.05, 4.69) is 28.1 Å². The highest BCUT2D eigenvalue weighted by atomic mass is 15.3. The number of hydrogen-bond donors (Lipinski definition) is 0. The van der Waals surface area contributed by atoms with Gasteiger partial charge in [-0.25, -0.2) is 0 Å². The fourth-order valence-corrected chi connectivity index (χ4v) is 8.44. The summed E-state index contributed by atoms with van der Waals surface area (Å²) in [5, 5.41) is 0. The molecule has 0 rings (SSSR count). The standard InChI is InChI=1S/C51H106N/c1-5-6-7-8-9-10-11-12-13-14-15-16-17-18-19-20-21-22-23-24-25-26-27-28-29-30-31-32-33-34-35-36-37-38-39-40-41-42-43-44-45-46-47-48-49-50-51-52(2,3)4/h5-51H2,1-4H3/q+1. The average molecular weight is 733 g/mol. The zero-order valence-electron chi connectivity index (χ0n) is 37.7. The smallest absolute Gasteiger partial charge is 0.0780 e. The molecule has 1 heteroatoms. The Kier molecular flexibility index (Phi) is 45.3. The Labute approximate surface area is 333 Å². The van der Waals surface area contributed by atoms with Crippen molar-refractivity contribution >= 4 is 0 Å². The van der Waals surface area contributed by atoms with Crippen LogP contribution in [-0.2, 0) is 0 Å². The van der Waals surface area contributed by atoms with E-state index in [1.165, 1.54) is 302 Å². The molecule has 1 nitrogen and oxygen atoms in total. The first-order chi connectivity index (χ1) is 25.6. The summed E-state index contributed by atoms with van der Waals surface area (Å²) in [6.07, 6.45) is 68.3. The topological polar surface area (TPSA) is 0 Å². The third-order valence-electron chi connectivity index (χ3n) is 12.2. The van der Waals surface area contributed by atoms with Crippen LogP contribution in [0.25, 0.3) is 0 Å². The first-order valence-corrected chi connectivity index (χ1v) is 25.4. The lowest BCUT2D eigenvalue weighted by Crippen LogP contribution is -2.35. The van der Waals surface area contributed by atoms with E-state index in [0.29, 0.717) is 0 Å². The van der Waals surface area contributed by atoms with Crippen molar-refractivity contribution in [2.75, 3.05) is 27.7 Å². The summed E-state index contributed by atoms with van der Waals surface area (Å²) >= 11 is 0. The van der Waals surface area contributed by atoms with Crippen molar-refractivity contribution in [1.82, 2.24) is 0 Å². The molecule has 0 radical (unpaired) electrons. The lowest BCUT2D eigenvalue weighted by molar-refractivity contribution is -0.870. The molecule has 314 valence electrons. The van der Waals surface area contributed by atoms with Crippen molar-refractivity contribution < 1.29 is 4.48 Å². The molecule has 0 aliphatic heterocycles. The van der Waals surface area contributed by atoms with Crippen molar-refractivity contribution in [3.63, 3.8) is 0 Å². The van der Waals surface area contributed by atoms with Crippen LogP contribution < -0.4 is 0 Å². The molecule has 0 aromatic rings. The summed E-state index contributed by atoms with van der Waals surface area (Å²) in [4.78, 5) is 0. The predicted octanol–water partition coefficient (Wildman–Crippen LogP) is 18.7. The van der Waals surface area contributed by atoms with E-state index in [0.717, 1.165) is 4.48 Å². The van der Waals surface area contributed by atoms with E-state index >= 15 is 0 Å². The van der Waals surface area contributed by atoms with Crippen LogP contribution in [0.5, 0.6) is 0 Å². The van der Waals surface area contributed by atoms with Crippen molar-refractivity contribution in [2.45, 2.75) is 302 Å². The third kappa shape index (κ3) is 50.0. The Balaban J connectivity index is 3.06. The molecule has 0 spiro atoms. The SMILES string of the molecule is CCCCCCCCCCCCCCCCCCCCCCCCCCCCCCCCCCCCCCCCCCCCCCCC[N+](C)(C)C. The molecule has 52 heavy (non-hydrogen) atoms. The second-order valence-corrected chi connectivity index (χ2v) is 18.9. The molecule has 0 amide bonds. The minimum Gasteiger partial charge on any atom is -0.331 e. The van der Waals surface area contributed by atoms with Gasteiger partial charge in [-0.05, 0) is 12.8 Å². The van der Waals surface area contributed by atoms with Crippen molar-refractivity contribution in [3.8, 4) is 0 Å². The second-order valence-electron chi connectivity index (χ2n) is 18.9. The molecule has 0 fully saturated rings. The Morgan fingerprint density at radius 1 is 0.173 bits per heavy atom. The van der Waals surface area contributed by atoms with Gasteiger partial charge in [-0.2, -0.15) is 0 Å². The van der Waals surface area contributed by atoms with Gasteiger partial charge in [0.25, 0.3) is 0 Å². The van der Waals surface area contributed by atoms with Gasteiger partial charge in [-0.3, -0.25) is 0 Å². The summed E-state index contributed by atoms with van der Waals surface area (Å²) in [6.45, 7) is 3.65. The lowest BCUT2D eigenvalue weighted by Gasteiger charge is -2.23. The van der Waals surface area contributed by atoms with Crippen LogP contribution in [0.4, 0.5) is 0 Å². The van der Waals surface area contributed by atoms with Crippen LogP contribution in [0.3, 0.4) is 0 Å². The molecule has 0 aliphatic carbocycles. The molecule has 0 aromatic carbocycles. The van der Waals surface area contributed by atoms with Crippen LogP contribution in [-0.4, -0.2) is 32.2 Å². The fourth-order valence-electron chi connectivity index (χ4n) is 8.44. The highest BCUT2D eigenvalue weighted by Crippen LogP contribution is 2.18. The summed E-state index contributed by atoms with van der Waals surface area (Å²) in [7, 11) is 6.94. The van der Waals surface area contributed by atoms with Crippen molar-refractivity contribution in [3.05, 3.63) is 0 Å². The van der Waals surface area contributed by atoms with Gasteiger partial charge in [-0.15, -0.1) is 0 Å². The zero-order valence-corrected chi connectivity index (χ0v) is 37.7. The van der Waals surface area contributed by atoms with Crippen molar-refractivity contribution in [2.24, 2.45) is 0 Å². The minimum absolute atomic E-state index is 1.12. The summed E-state index contributed by atoms with van der Waals surface area (Å²) < 4.78 is 1.12. The Morgan fingerprint density at radius 3 is 0.404 bits per heavy atom. The number of quaternary nitrogens is 1. The second kappa shape index (κ2) is 45.4. The molecule has 0 aromatic heterocycles. The molecule has 0 unspecified atom stereocenters. The van der Waals surface area contributed by atoms with E-state index in [-0.39, 0.29) is 0 Å². The van der Waals surface area contributed by atoms with Crippen molar-refractivity contribution in [1.29, 1.82) is 0 Å². The Bertz CT molecular complexity index is 605. The maximum absolute atomic E-state index is 2.31. The molecular formula is C51H106N+. The molecule has 0 atom stereocenters. The minimum atomic E-state index is 1.12. The Hall–Kier alpha value is -0.0400. The normalized spacial score (nSPS) is 12.0. The monoisotopic (exact) mass is 733 g/mol. The van der Waals surface area contributed by atoms with Crippen LogP contribution in [0.2, 0.25) is 0 Å². The summed E-state index contributed by atoms with van der Waals surface area (Å²) in [5.41, 5.74) is 0. The van der Waals surface area contributed by atoms with Crippen LogP contribution in [0, 0.1) is 0 Å². The largest absolute Gasteiger partial charge is 0.331 e. The predicted molar refractivity (Wildman–Crippen MR) is 241 cm³/mol. The van der Waals surface area contributed by atoms with Gasteiger partial charge in [0.05, 0.1) is 27.7 Å². The van der Waals surface area contributed by atoms with E-state index in [4.69, 9.17) is 0 Å². The van der Waals surface area contributed by atoms with E-state index in [1.807, 2.05) is 0 Å². The van der Waals surface area contributed by atoms with Gasteiger partial charge in [0.2, 0.25) is 0 Å². The van der Waals surface area contributed by atoms with Gasteiger partial charge >= 0.3 is 0 Å². The van der Waals surface area contributed by atoms with Gasteiger partial charge in [-0.1, -0.05) is 289 Å². The number of unbranched alkanes of at least 4 members (excludes halogenated alkanes) is 45. The summed E-state index contributed by atoms with van der Waals surface area (Å²) in [5.74, 6) is 0. The maximum Gasteiger partial charge on any atom is 0.0780 e. The number of hydrogen-bond acceptors (Lipinski definition) is 0. The molecule has 0 bridgehead atoms. The highest BCUT2D eigenvalue weighted by molar-refractivity contribution is 4.54. The highest BCUT2D eigenvalue weighted by Gasteiger charge is 2.05. The van der Waals surface area contributed by atoms with Gasteiger partial charge < -0.3 is 4.48 Å².